The fourth-order valence-electron chi connectivity index (χ4n) is 5.30. The van der Waals surface area contributed by atoms with Gasteiger partial charge in [0.15, 0.2) is 0 Å². The zero-order valence-corrected chi connectivity index (χ0v) is 22.5. The number of hydrogen-bond acceptors (Lipinski definition) is 5. The fraction of sp³-hybridized carbons (Fsp3) is 0.552. The Labute approximate surface area is 214 Å². The van der Waals surface area contributed by atoms with Crippen molar-refractivity contribution in [1.82, 2.24) is 0 Å². The van der Waals surface area contributed by atoms with Crippen LogP contribution in [0.3, 0.4) is 0 Å². The van der Waals surface area contributed by atoms with Gasteiger partial charge in [0.25, 0.3) is 0 Å². The van der Waals surface area contributed by atoms with Crippen molar-refractivity contribution in [3.05, 3.63) is 64.2 Å². The minimum atomic E-state index is -0.574. The van der Waals surface area contributed by atoms with Gasteiger partial charge in [0, 0.05) is 23.7 Å². The molecule has 3 aliphatic carbocycles. The monoisotopic (exact) mass is 496 g/mol. The zero-order valence-electron chi connectivity index (χ0n) is 22.5. The Morgan fingerprint density at radius 1 is 1.17 bits per heavy atom. The first-order valence-electron chi connectivity index (χ1n) is 13.1. The number of carbonyl (C=O) groups excluding carboxylic acids is 1. The summed E-state index contributed by atoms with van der Waals surface area (Å²) in [5.74, 6) is 1.08. The van der Waals surface area contributed by atoms with Gasteiger partial charge in [0.2, 0.25) is 0 Å². The number of halogens is 1. The van der Waals surface area contributed by atoms with E-state index >= 15 is 0 Å². The maximum atomic E-state index is 14.8. The van der Waals surface area contributed by atoms with Crippen LogP contribution < -0.4 is 5.46 Å². The van der Waals surface area contributed by atoms with Crippen LogP contribution in [0, 0.1) is 29.5 Å². The predicted molar refractivity (Wildman–Crippen MR) is 139 cm³/mol. The summed E-state index contributed by atoms with van der Waals surface area (Å²) < 4.78 is 38.2. The number of carbonyl (C=O) groups is 1. The molecule has 1 aromatic carbocycles. The molecule has 5 nitrogen and oxygen atoms in total. The number of rotatable bonds is 10. The lowest BCUT2D eigenvalue weighted by molar-refractivity contribution is -0.145. The second-order valence-corrected chi connectivity index (χ2v) is 10.6. The highest BCUT2D eigenvalue weighted by molar-refractivity contribution is 6.61. The maximum absolute atomic E-state index is 14.8. The molecule has 36 heavy (non-hydrogen) atoms. The van der Waals surface area contributed by atoms with Crippen LogP contribution in [0.15, 0.2) is 52.8 Å². The second-order valence-electron chi connectivity index (χ2n) is 10.6. The summed E-state index contributed by atoms with van der Waals surface area (Å²) in [5.41, 5.74) is 4.78. The molecule has 4 rings (SSSR count). The number of ether oxygens (including phenoxy) is 2. The smallest absolute Gasteiger partial charge is 0.489 e. The van der Waals surface area contributed by atoms with E-state index in [1.807, 2.05) is 34.6 Å². The van der Waals surface area contributed by atoms with Crippen molar-refractivity contribution in [2.24, 2.45) is 23.7 Å². The van der Waals surface area contributed by atoms with E-state index in [0.717, 1.165) is 23.2 Å². The Bertz CT molecular complexity index is 1080. The van der Waals surface area contributed by atoms with Crippen LogP contribution in [-0.4, -0.2) is 31.9 Å². The molecule has 2 fully saturated rings. The number of benzene rings is 1. The van der Waals surface area contributed by atoms with Crippen LogP contribution in [0.4, 0.5) is 4.39 Å². The summed E-state index contributed by atoms with van der Waals surface area (Å²) in [6.45, 7) is 14.3. The van der Waals surface area contributed by atoms with Gasteiger partial charge in [-0.15, -0.1) is 0 Å². The molecule has 1 aromatic rings. The molecular weight excluding hydrogens is 458 g/mol. The van der Waals surface area contributed by atoms with Crippen molar-refractivity contribution < 1.29 is 28.0 Å². The number of esters is 1. The third-order valence-electron chi connectivity index (χ3n) is 7.24. The summed E-state index contributed by atoms with van der Waals surface area (Å²) in [5, 5.41) is 0. The molecule has 0 radical (unpaired) electrons. The average Bonchev–Trinajstić information content (AvgIpc) is 3.44. The molecule has 0 amide bonds. The summed E-state index contributed by atoms with van der Waals surface area (Å²) in [6.07, 6.45) is 5.13. The molecule has 7 heteroatoms. The van der Waals surface area contributed by atoms with Crippen molar-refractivity contribution in [1.29, 1.82) is 0 Å². The van der Waals surface area contributed by atoms with Crippen molar-refractivity contribution in [2.75, 3.05) is 6.61 Å². The number of allylic oxidation sites excluding steroid dienone is 5. The van der Waals surface area contributed by atoms with Crippen molar-refractivity contribution in [3.63, 3.8) is 0 Å². The van der Waals surface area contributed by atoms with Crippen LogP contribution in [0.1, 0.15) is 60.5 Å². The largest absolute Gasteiger partial charge is 0.494 e. The van der Waals surface area contributed by atoms with E-state index in [1.165, 1.54) is 17.2 Å². The van der Waals surface area contributed by atoms with E-state index in [4.69, 9.17) is 18.8 Å². The summed E-state index contributed by atoms with van der Waals surface area (Å²) in [7, 11) is -0.574. The summed E-state index contributed by atoms with van der Waals surface area (Å²) >= 11 is 0. The molecule has 0 spiro atoms. The molecule has 4 atom stereocenters. The van der Waals surface area contributed by atoms with E-state index in [0.29, 0.717) is 18.1 Å². The molecular formula is C29H38BFO5. The molecule has 0 heterocycles. The molecule has 0 bridgehead atoms. The van der Waals surface area contributed by atoms with E-state index < -0.39 is 7.12 Å². The molecule has 0 N–H and O–H groups in total. The van der Waals surface area contributed by atoms with Gasteiger partial charge >= 0.3 is 13.1 Å². The number of hydrogen-bond donors (Lipinski definition) is 0. The van der Waals surface area contributed by atoms with Crippen LogP contribution in [0.2, 0.25) is 0 Å². The Kier molecular flexibility index (Phi) is 8.10. The van der Waals surface area contributed by atoms with Gasteiger partial charge in [-0.2, -0.15) is 0 Å². The van der Waals surface area contributed by atoms with Gasteiger partial charge in [0.05, 0.1) is 12.5 Å². The van der Waals surface area contributed by atoms with Crippen molar-refractivity contribution in [2.45, 2.75) is 73.7 Å². The molecule has 4 unspecified atom stereocenters. The van der Waals surface area contributed by atoms with Crippen molar-refractivity contribution >= 4 is 18.6 Å². The lowest BCUT2D eigenvalue weighted by Crippen LogP contribution is -2.41. The zero-order chi connectivity index (χ0) is 26.1. The second kappa shape index (κ2) is 10.9. The van der Waals surface area contributed by atoms with Crippen LogP contribution in [0.5, 0.6) is 0 Å². The maximum Gasteiger partial charge on any atom is 0.494 e. The summed E-state index contributed by atoms with van der Waals surface area (Å²) in [4.78, 5) is 12.3. The third-order valence-corrected chi connectivity index (χ3v) is 7.24. The molecule has 0 aromatic heterocycles. The van der Waals surface area contributed by atoms with Crippen molar-refractivity contribution in [3.8, 4) is 0 Å². The number of fused-ring (bicyclic) bond motifs is 3. The molecule has 194 valence electrons. The molecule has 0 saturated heterocycles. The Morgan fingerprint density at radius 3 is 2.50 bits per heavy atom. The molecule has 2 saturated carbocycles. The van der Waals surface area contributed by atoms with Gasteiger partial charge in [-0.25, -0.2) is 4.39 Å². The van der Waals surface area contributed by atoms with Crippen LogP contribution in [0.25, 0.3) is 0 Å². The molecule has 0 aliphatic heterocycles. The Morgan fingerprint density at radius 2 is 1.86 bits per heavy atom. The lowest BCUT2D eigenvalue weighted by Gasteiger charge is -2.20. The Balaban J connectivity index is 1.50. The van der Waals surface area contributed by atoms with E-state index in [2.05, 4.69) is 26.0 Å². The van der Waals surface area contributed by atoms with E-state index in [9.17, 15) is 9.18 Å². The first kappa shape index (κ1) is 26.7. The van der Waals surface area contributed by atoms with Gasteiger partial charge in [-0.3, -0.25) is 4.79 Å². The molecule has 3 aliphatic rings. The highest BCUT2D eigenvalue weighted by atomic mass is 19.1. The third kappa shape index (κ3) is 5.62. The van der Waals surface area contributed by atoms with Gasteiger partial charge in [-0.05, 0) is 94.1 Å². The topological polar surface area (TPSA) is 54.0 Å². The quantitative estimate of drug-likeness (QED) is 0.317. The van der Waals surface area contributed by atoms with Crippen LogP contribution >= 0.6 is 0 Å². The van der Waals surface area contributed by atoms with E-state index in [-0.39, 0.29) is 48.4 Å². The van der Waals surface area contributed by atoms with Gasteiger partial charge in [-0.1, -0.05) is 25.1 Å². The Hall–Kier alpha value is -2.38. The fourth-order valence-corrected chi connectivity index (χ4v) is 5.30. The summed E-state index contributed by atoms with van der Waals surface area (Å²) in [6, 6.07) is 4.92. The lowest BCUT2D eigenvalue weighted by atomic mass is 9.77. The normalized spacial score (nSPS) is 24.7. The first-order valence-corrected chi connectivity index (χ1v) is 13.1. The minimum Gasteiger partial charge on any atom is -0.489 e. The standard InChI is InChI=1S/C29H38BFO5/c1-8-33-29(32)28-24-13-20-14-26(19(7)18(6)11-23(20)27(24)28)34-15-21-12-22(9-10-25(21)31)30(35-16(2)3)36-17(4)5/h9-12,14,16-18,24,27-28H,8,13,15H2,1-7H3. The predicted octanol–water partition coefficient (Wildman–Crippen LogP) is 5.49. The SMILES string of the molecule is CCOC(=O)C1C2CC3=CC(OCc4cc(B(OC(C)C)OC(C)C)ccc4F)=C(C)C(C)C=C3C21. The van der Waals surface area contributed by atoms with E-state index in [1.54, 1.807) is 12.1 Å². The van der Waals surface area contributed by atoms with Gasteiger partial charge in [0.1, 0.15) is 18.2 Å². The highest BCUT2D eigenvalue weighted by Crippen LogP contribution is 2.63. The minimum absolute atomic E-state index is 0.0192. The average molecular weight is 496 g/mol. The van der Waals surface area contributed by atoms with Gasteiger partial charge < -0.3 is 18.8 Å². The van der Waals surface area contributed by atoms with Crippen LogP contribution in [-0.2, 0) is 30.2 Å². The highest BCUT2D eigenvalue weighted by Gasteiger charge is 2.61. The first-order chi connectivity index (χ1) is 17.1.